The summed E-state index contributed by atoms with van der Waals surface area (Å²) in [6.45, 7) is 0. The molecular weight excluding hydrogens is 498 g/mol. The van der Waals surface area contributed by atoms with Crippen molar-refractivity contribution in [3.63, 3.8) is 0 Å². The SMILES string of the molecule is COc1ccc(C2=NN(C3=NC(=O)C(CC(=O)Nc4ccccc4F)S3)C(c3ccc(F)cc3)C2)cc1. The molecule has 3 aromatic carbocycles. The third kappa shape index (κ3) is 5.39. The summed E-state index contributed by atoms with van der Waals surface area (Å²) in [4.78, 5) is 29.4. The third-order valence-corrected chi connectivity index (χ3v) is 7.17. The number of hydrazone groups is 1. The van der Waals surface area contributed by atoms with Gasteiger partial charge in [0.25, 0.3) is 5.91 Å². The fourth-order valence-corrected chi connectivity index (χ4v) is 5.19. The molecule has 0 saturated heterocycles. The Bertz CT molecular complexity index is 1390. The number of para-hydroxylation sites is 1. The van der Waals surface area contributed by atoms with Crippen LogP contribution >= 0.6 is 11.8 Å². The van der Waals surface area contributed by atoms with Gasteiger partial charge >= 0.3 is 0 Å². The van der Waals surface area contributed by atoms with Gasteiger partial charge in [0.15, 0.2) is 5.17 Å². The van der Waals surface area contributed by atoms with Gasteiger partial charge in [-0.25, -0.2) is 13.8 Å². The highest BCUT2D eigenvalue weighted by Crippen LogP contribution is 2.38. The average molecular weight is 521 g/mol. The highest BCUT2D eigenvalue weighted by Gasteiger charge is 2.39. The van der Waals surface area contributed by atoms with Crippen molar-refractivity contribution in [2.45, 2.75) is 24.1 Å². The molecule has 0 bridgehead atoms. The summed E-state index contributed by atoms with van der Waals surface area (Å²) in [5, 5.41) is 8.51. The van der Waals surface area contributed by atoms with Gasteiger partial charge in [-0.15, -0.1) is 0 Å². The number of thioether (sulfide) groups is 1. The lowest BCUT2D eigenvalue weighted by molar-refractivity contribution is -0.121. The quantitative estimate of drug-likeness (QED) is 0.486. The maximum Gasteiger partial charge on any atom is 0.262 e. The van der Waals surface area contributed by atoms with Crippen LogP contribution in [0.1, 0.15) is 30.0 Å². The Morgan fingerprint density at radius 2 is 1.81 bits per heavy atom. The molecule has 7 nitrogen and oxygen atoms in total. The van der Waals surface area contributed by atoms with E-state index in [1.807, 2.05) is 24.3 Å². The van der Waals surface area contributed by atoms with Crippen LogP contribution in [0.25, 0.3) is 0 Å². The molecule has 0 saturated carbocycles. The Balaban J connectivity index is 1.36. The Morgan fingerprint density at radius 3 is 2.51 bits per heavy atom. The molecule has 10 heteroatoms. The second-order valence-corrected chi connectivity index (χ2v) is 9.63. The van der Waals surface area contributed by atoms with E-state index < -0.39 is 22.9 Å². The number of hydrogen-bond acceptors (Lipinski definition) is 6. The van der Waals surface area contributed by atoms with E-state index in [9.17, 15) is 18.4 Å². The number of halogens is 2. The molecule has 2 atom stereocenters. The van der Waals surface area contributed by atoms with Gasteiger partial charge in [-0.1, -0.05) is 36.0 Å². The number of anilines is 1. The molecule has 2 aliphatic heterocycles. The second-order valence-electron chi connectivity index (χ2n) is 8.46. The number of aliphatic imine (C=N–C) groups is 1. The molecule has 2 amide bonds. The van der Waals surface area contributed by atoms with Crippen molar-refractivity contribution in [3.05, 3.63) is 95.6 Å². The van der Waals surface area contributed by atoms with Crippen molar-refractivity contribution in [1.29, 1.82) is 0 Å². The predicted octanol–water partition coefficient (Wildman–Crippen LogP) is 5.15. The lowest BCUT2D eigenvalue weighted by Crippen LogP contribution is -2.25. The number of hydrogen-bond donors (Lipinski definition) is 1. The van der Waals surface area contributed by atoms with Crippen LogP contribution in [0.5, 0.6) is 5.75 Å². The van der Waals surface area contributed by atoms with E-state index in [-0.39, 0.29) is 24.0 Å². The zero-order chi connectivity index (χ0) is 25.9. The number of carbonyl (C=O) groups excluding carboxylic acids is 2. The molecule has 0 radical (unpaired) electrons. The number of carbonyl (C=O) groups is 2. The Hall–Kier alpha value is -4.05. The van der Waals surface area contributed by atoms with Crippen molar-refractivity contribution in [2.24, 2.45) is 10.1 Å². The molecular formula is C27H22F2N4O3S. The molecule has 0 fully saturated rings. The minimum atomic E-state index is -0.768. The van der Waals surface area contributed by atoms with Crippen molar-refractivity contribution < 1.29 is 23.1 Å². The molecule has 0 aromatic heterocycles. The van der Waals surface area contributed by atoms with E-state index in [2.05, 4.69) is 10.3 Å². The molecule has 0 spiro atoms. The van der Waals surface area contributed by atoms with E-state index in [0.29, 0.717) is 17.3 Å². The Kier molecular flexibility index (Phi) is 7.00. The summed E-state index contributed by atoms with van der Waals surface area (Å²) < 4.78 is 32.7. The average Bonchev–Trinajstić information content (AvgIpc) is 3.50. The van der Waals surface area contributed by atoms with Crippen molar-refractivity contribution in [1.82, 2.24) is 5.01 Å². The Morgan fingerprint density at radius 1 is 1.08 bits per heavy atom. The van der Waals surface area contributed by atoms with Crippen molar-refractivity contribution >= 4 is 40.1 Å². The number of amidine groups is 1. The molecule has 5 rings (SSSR count). The summed E-state index contributed by atoms with van der Waals surface area (Å²) in [7, 11) is 1.59. The fraction of sp³-hybridized carbons (Fsp3) is 0.185. The molecule has 188 valence electrons. The molecule has 2 unspecified atom stereocenters. The second kappa shape index (κ2) is 10.5. The van der Waals surface area contributed by atoms with E-state index in [1.54, 1.807) is 30.3 Å². The maximum absolute atomic E-state index is 13.9. The van der Waals surface area contributed by atoms with Gasteiger partial charge in [0.1, 0.15) is 22.6 Å². The lowest BCUT2D eigenvalue weighted by Gasteiger charge is -2.23. The van der Waals surface area contributed by atoms with Gasteiger partial charge < -0.3 is 10.1 Å². The fourth-order valence-electron chi connectivity index (χ4n) is 4.13. The normalized spacial score (nSPS) is 19.0. The molecule has 2 heterocycles. The zero-order valence-corrected chi connectivity index (χ0v) is 20.5. The molecule has 1 N–H and O–H groups in total. The van der Waals surface area contributed by atoms with Crippen LogP contribution in [-0.4, -0.2) is 40.1 Å². The van der Waals surface area contributed by atoms with E-state index in [4.69, 9.17) is 9.84 Å². The summed E-state index contributed by atoms with van der Waals surface area (Å²) in [5.41, 5.74) is 2.51. The van der Waals surface area contributed by atoms with E-state index >= 15 is 0 Å². The van der Waals surface area contributed by atoms with Gasteiger partial charge in [0.05, 0.1) is 24.6 Å². The number of ether oxygens (including phenoxy) is 1. The molecule has 3 aromatic rings. The number of nitrogens with one attached hydrogen (secondary N) is 1. The number of methoxy groups -OCH3 is 1. The minimum absolute atomic E-state index is 0.0498. The first-order valence-corrected chi connectivity index (χ1v) is 12.4. The van der Waals surface area contributed by atoms with E-state index in [0.717, 1.165) is 28.6 Å². The zero-order valence-electron chi connectivity index (χ0n) is 19.7. The van der Waals surface area contributed by atoms with Crippen LogP contribution in [-0.2, 0) is 9.59 Å². The van der Waals surface area contributed by atoms with Crippen LogP contribution < -0.4 is 10.1 Å². The van der Waals surface area contributed by atoms with Gasteiger partial charge in [0.2, 0.25) is 5.91 Å². The summed E-state index contributed by atoms with van der Waals surface area (Å²) in [6, 6.07) is 19.1. The van der Waals surface area contributed by atoms with Gasteiger partial charge in [-0.2, -0.15) is 10.1 Å². The van der Waals surface area contributed by atoms with E-state index in [1.165, 1.54) is 30.3 Å². The number of nitrogens with zero attached hydrogens (tertiary/aromatic N) is 3. The minimum Gasteiger partial charge on any atom is -0.497 e. The summed E-state index contributed by atoms with van der Waals surface area (Å²) >= 11 is 1.13. The number of amides is 2. The predicted molar refractivity (Wildman–Crippen MR) is 139 cm³/mol. The lowest BCUT2D eigenvalue weighted by atomic mass is 9.98. The Labute approximate surface area is 216 Å². The molecule has 37 heavy (non-hydrogen) atoms. The summed E-state index contributed by atoms with van der Waals surface area (Å²) in [5.74, 6) is -1.15. The van der Waals surface area contributed by atoms with Gasteiger partial charge in [-0.3, -0.25) is 9.59 Å². The third-order valence-electron chi connectivity index (χ3n) is 6.03. The molecule has 0 aliphatic carbocycles. The largest absolute Gasteiger partial charge is 0.497 e. The van der Waals surface area contributed by atoms with Crippen LogP contribution in [0.3, 0.4) is 0 Å². The highest BCUT2D eigenvalue weighted by atomic mass is 32.2. The molecule has 2 aliphatic rings. The standard InChI is InChI=1S/C27H22F2N4O3S/c1-36-19-12-8-16(9-13-19)22-14-23(17-6-10-18(28)11-7-17)33(32-22)27-31-26(35)24(37-27)15-25(34)30-21-5-3-2-4-20(21)29/h2-13,23-24H,14-15H2,1H3,(H,30,34). The van der Waals surface area contributed by atoms with Gasteiger partial charge in [-0.05, 0) is 59.7 Å². The first-order valence-electron chi connectivity index (χ1n) is 11.5. The topological polar surface area (TPSA) is 83.4 Å². The maximum atomic E-state index is 13.9. The monoisotopic (exact) mass is 520 g/mol. The van der Waals surface area contributed by atoms with Crippen LogP contribution in [0, 0.1) is 11.6 Å². The van der Waals surface area contributed by atoms with Gasteiger partial charge in [0, 0.05) is 12.8 Å². The number of benzene rings is 3. The number of rotatable bonds is 6. The first-order chi connectivity index (χ1) is 17.9. The van der Waals surface area contributed by atoms with Crippen LogP contribution in [0.4, 0.5) is 14.5 Å². The highest BCUT2D eigenvalue weighted by molar-refractivity contribution is 8.15. The van der Waals surface area contributed by atoms with Crippen LogP contribution in [0.2, 0.25) is 0 Å². The van der Waals surface area contributed by atoms with Crippen molar-refractivity contribution in [2.75, 3.05) is 12.4 Å². The smallest absolute Gasteiger partial charge is 0.262 e. The first kappa shape index (κ1) is 24.6. The van der Waals surface area contributed by atoms with Crippen molar-refractivity contribution in [3.8, 4) is 5.75 Å². The summed E-state index contributed by atoms with van der Waals surface area (Å²) in [6.07, 6.45) is 0.332. The van der Waals surface area contributed by atoms with Crippen LogP contribution in [0.15, 0.2) is 82.9 Å².